The predicted molar refractivity (Wildman–Crippen MR) is 104 cm³/mol. The van der Waals surface area contributed by atoms with Gasteiger partial charge in [0.2, 0.25) is 0 Å². The Bertz CT molecular complexity index is 677. The number of rotatable bonds is 1. The van der Waals surface area contributed by atoms with Crippen LogP contribution in [-0.4, -0.2) is 0 Å². The van der Waals surface area contributed by atoms with Gasteiger partial charge in [0.15, 0.2) is 0 Å². The first-order valence-electron chi connectivity index (χ1n) is 6.27. The molecule has 0 N–H and O–H groups in total. The summed E-state index contributed by atoms with van der Waals surface area (Å²) in [6.45, 7) is 4.18. The molecule has 0 aliphatic rings. The third-order valence-corrected chi connectivity index (χ3v) is 3.99. The molecule has 0 nitrogen and oxygen atoms in total. The van der Waals surface area contributed by atoms with E-state index in [2.05, 4.69) is 119 Å². The Morgan fingerprint density at radius 3 is 1.80 bits per heavy atom. The third-order valence-electron chi connectivity index (χ3n) is 2.91. The Balaban J connectivity index is 2.35. The molecule has 0 radical (unpaired) electrons. The number of allylic oxidation sites excluding steroid dienone is 1. The van der Waals surface area contributed by atoms with E-state index in [1.807, 2.05) is 0 Å². The second kappa shape index (κ2) is 7.28. The zero-order chi connectivity index (χ0) is 14.5. The highest BCUT2D eigenvalue weighted by Crippen LogP contribution is 2.28. The average Bonchev–Trinajstić information content (AvgIpc) is 2.43. The van der Waals surface area contributed by atoms with Gasteiger partial charge in [0.1, 0.15) is 0 Å². The van der Waals surface area contributed by atoms with Crippen molar-refractivity contribution < 1.29 is 0 Å². The first-order chi connectivity index (χ1) is 9.56. The molecular formula is C18H14I2. The lowest BCUT2D eigenvalue weighted by atomic mass is 10.1. The average molecular weight is 484 g/mol. The molecule has 0 spiro atoms. The van der Waals surface area contributed by atoms with Crippen LogP contribution in [-0.2, 0) is 0 Å². The lowest BCUT2D eigenvalue weighted by Gasteiger charge is -2.02. The minimum Gasteiger partial charge on any atom is -0.0616 e. The van der Waals surface area contributed by atoms with Crippen molar-refractivity contribution in [3.63, 3.8) is 0 Å². The smallest absolute Gasteiger partial charge is 0.0616 e. The van der Waals surface area contributed by atoms with Gasteiger partial charge in [-0.3, -0.25) is 0 Å². The van der Waals surface area contributed by atoms with E-state index in [1.165, 1.54) is 18.3 Å². The van der Waals surface area contributed by atoms with Crippen molar-refractivity contribution in [3.05, 3.63) is 72.4 Å². The van der Waals surface area contributed by atoms with Gasteiger partial charge in [-0.25, -0.2) is 0 Å². The van der Waals surface area contributed by atoms with Gasteiger partial charge >= 0.3 is 0 Å². The van der Waals surface area contributed by atoms with Gasteiger partial charge < -0.3 is 0 Å². The fourth-order valence-electron chi connectivity index (χ4n) is 1.72. The minimum absolute atomic E-state index is 1.05. The normalized spacial score (nSPS) is 9.60. The maximum atomic E-state index is 3.31. The Labute approximate surface area is 148 Å². The van der Waals surface area contributed by atoms with Crippen molar-refractivity contribution in [1.29, 1.82) is 0 Å². The van der Waals surface area contributed by atoms with Crippen molar-refractivity contribution in [2.45, 2.75) is 13.8 Å². The number of halogens is 2. The molecule has 2 aromatic carbocycles. The highest BCUT2D eigenvalue weighted by atomic mass is 127. The zero-order valence-corrected chi connectivity index (χ0v) is 15.7. The van der Waals surface area contributed by atoms with Crippen LogP contribution in [0, 0.1) is 25.7 Å². The Morgan fingerprint density at radius 2 is 1.30 bits per heavy atom. The molecule has 0 fully saturated rings. The Hall–Kier alpha value is -0.800. The molecule has 0 aromatic heterocycles. The fraction of sp³-hybridized carbons (Fsp3) is 0.111. The summed E-state index contributed by atoms with van der Waals surface area (Å²) in [6.07, 6.45) is 0. The first kappa shape index (κ1) is 15.6. The van der Waals surface area contributed by atoms with E-state index >= 15 is 0 Å². The summed E-state index contributed by atoms with van der Waals surface area (Å²) < 4.78 is 1.18. The standard InChI is InChI=1S/C18H14I2/c1-13-3-7-15(8-4-13)9-12-17(18(19)20)16-10-5-14(2)6-11-16/h3-8,10-11H,1-2H3. The summed E-state index contributed by atoms with van der Waals surface area (Å²) in [5.41, 5.74) is 5.84. The minimum atomic E-state index is 1.05. The third kappa shape index (κ3) is 4.35. The van der Waals surface area contributed by atoms with Gasteiger partial charge in [-0.05, 0) is 76.7 Å². The lowest BCUT2D eigenvalue weighted by Crippen LogP contribution is -1.83. The van der Waals surface area contributed by atoms with Gasteiger partial charge in [-0.15, -0.1) is 0 Å². The van der Waals surface area contributed by atoms with Gasteiger partial charge in [-0.1, -0.05) is 59.4 Å². The molecule has 100 valence electrons. The number of hydrogen-bond donors (Lipinski definition) is 0. The summed E-state index contributed by atoms with van der Waals surface area (Å²) >= 11 is 4.66. The molecule has 0 saturated heterocycles. The van der Waals surface area contributed by atoms with E-state index in [-0.39, 0.29) is 0 Å². The van der Waals surface area contributed by atoms with Gasteiger partial charge in [-0.2, -0.15) is 0 Å². The molecule has 0 saturated carbocycles. The molecule has 0 atom stereocenters. The highest BCUT2D eigenvalue weighted by Gasteiger charge is 2.02. The molecule has 0 aliphatic heterocycles. The Morgan fingerprint density at radius 1 is 0.800 bits per heavy atom. The number of hydrogen-bond acceptors (Lipinski definition) is 0. The van der Waals surface area contributed by atoms with Crippen molar-refractivity contribution >= 4 is 50.8 Å². The number of benzene rings is 2. The quantitative estimate of drug-likeness (QED) is 0.350. The molecule has 0 unspecified atom stereocenters. The van der Waals surface area contributed by atoms with E-state index < -0.39 is 0 Å². The zero-order valence-electron chi connectivity index (χ0n) is 11.4. The van der Waals surface area contributed by atoms with Crippen molar-refractivity contribution in [2.24, 2.45) is 0 Å². The van der Waals surface area contributed by atoms with Crippen LogP contribution in [0.4, 0.5) is 0 Å². The second-order valence-corrected chi connectivity index (χ2v) is 8.84. The second-order valence-electron chi connectivity index (χ2n) is 4.62. The van der Waals surface area contributed by atoms with Crippen molar-refractivity contribution in [3.8, 4) is 11.8 Å². The summed E-state index contributed by atoms with van der Waals surface area (Å²) in [5.74, 6) is 6.55. The molecule has 0 bridgehead atoms. The molecule has 2 aromatic rings. The van der Waals surface area contributed by atoms with E-state index in [1.54, 1.807) is 0 Å². The van der Waals surface area contributed by atoms with Crippen LogP contribution in [0.15, 0.2) is 50.1 Å². The maximum absolute atomic E-state index is 3.31. The van der Waals surface area contributed by atoms with E-state index in [9.17, 15) is 0 Å². The largest absolute Gasteiger partial charge is 0.0676 e. The van der Waals surface area contributed by atoms with Gasteiger partial charge in [0, 0.05) is 5.56 Å². The van der Waals surface area contributed by atoms with Crippen LogP contribution >= 0.6 is 45.2 Å². The van der Waals surface area contributed by atoms with Crippen molar-refractivity contribution in [1.82, 2.24) is 0 Å². The lowest BCUT2D eigenvalue weighted by molar-refractivity contribution is 1.46. The van der Waals surface area contributed by atoms with Crippen LogP contribution in [0.3, 0.4) is 0 Å². The molecule has 0 amide bonds. The fourth-order valence-corrected chi connectivity index (χ4v) is 2.61. The van der Waals surface area contributed by atoms with Crippen molar-refractivity contribution in [2.75, 3.05) is 0 Å². The molecule has 20 heavy (non-hydrogen) atoms. The van der Waals surface area contributed by atoms with E-state index in [0.717, 1.165) is 11.1 Å². The summed E-state index contributed by atoms with van der Waals surface area (Å²) in [6, 6.07) is 16.8. The van der Waals surface area contributed by atoms with Gasteiger partial charge in [0.25, 0.3) is 0 Å². The highest BCUT2D eigenvalue weighted by molar-refractivity contribution is 14.2. The van der Waals surface area contributed by atoms with E-state index in [0.29, 0.717) is 0 Å². The van der Waals surface area contributed by atoms with Crippen LogP contribution in [0.2, 0.25) is 0 Å². The Kier molecular flexibility index (Phi) is 5.67. The van der Waals surface area contributed by atoms with E-state index in [4.69, 9.17) is 0 Å². The predicted octanol–water partition coefficient (Wildman–Crippen LogP) is 5.89. The molecule has 0 heterocycles. The molecular weight excluding hydrogens is 470 g/mol. The SMILES string of the molecule is Cc1ccc(C#CC(=C(I)I)c2ccc(C)cc2)cc1. The van der Waals surface area contributed by atoms with Crippen LogP contribution in [0.5, 0.6) is 0 Å². The van der Waals surface area contributed by atoms with Crippen LogP contribution in [0.25, 0.3) is 5.57 Å². The molecule has 2 rings (SSSR count). The monoisotopic (exact) mass is 484 g/mol. The van der Waals surface area contributed by atoms with Gasteiger partial charge in [0.05, 0.1) is 7.16 Å². The first-order valence-corrected chi connectivity index (χ1v) is 8.43. The number of aryl methyl sites for hydroxylation is 2. The summed E-state index contributed by atoms with van der Waals surface area (Å²) in [4.78, 5) is 0. The summed E-state index contributed by atoms with van der Waals surface area (Å²) in [5, 5.41) is 0. The topological polar surface area (TPSA) is 0 Å². The molecule has 0 aliphatic carbocycles. The molecule has 2 heteroatoms. The van der Waals surface area contributed by atoms with Crippen LogP contribution in [0.1, 0.15) is 22.3 Å². The van der Waals surface area contributed by atoms with Crippen LogP contribution < -0.4 is 0 Å². The maximum Gasteiger partial charge on any atom is 0.0676 e. The summed E-state index contributed by atoms with van der Waals surface area (Å²) in [7, 11) is 0.